The van der Waals surface area contributed by atoms with Gasteiger partial charge >= 0.3 is 0 Å². The van der Waals surface area contributed by atoms with Crippen LogP contribution in [0.15, 0.2) is 36.4 Å². The smallest absolute Gasteiger partial charge is 0.132 e. The van der Waals surface area contributed by atoms with Gasteiger partial charge in [-0.3, -0.25) is 0 Å². The van der Waals surface area contributed by atoms with Gasteiger partial charge in [0.05, 0.1) is 12.3 Å². The maximum Gasteiger partial charge on any atom is 0.132 e. The molecule has 1 saturated heterocycles. The second-order valence-electron chi connectivity index (χ2n) is 6.97. The fourth-order valence-electron chi connectivity index (χ4n) is 3.11. The molecule has 0 N–H and O–H groups in total. The molecule has 0 amide bonds. The van der Waals surface area contributed by atoms with Crippen molar-refractivity contribution >= 4 is 5.82 Å². The Morgan fingerprint density at radius 3 is 2.60 bits per heavy atom. The van der Waals surface area contributed by atoms with Crippen LogP contribution in [0.3, 0.4) is 0 Å². The number of hydrogen-bond acceptors (Lipinski definition) is 5. The molecule has 0 spiro atoms. The van der Waals surface area contributed by atoms with Crippen LogP contribution in [0.2, 0.25) is 0 Å². The van der Waals surface area contributed by atoms with Gasteiger partial charge in [0.15, 0.2) is 0 Å². The first kappa shape index (κ1) is 17.8. The van der Waals surface area contributed by atoms with Crippen molar-refractivity contribution in [3.8, 4) is 0 Å². The number of nitrogens with zero attached hydrogens (tertiary/aromatic N) is 4. The maximum atomic E-state index is 5.55. The molecule has 1 aromatic heterocycles. The number of anilines is 1. The molecule has 134 valence electrons. The molecule has 0 radical (unpaired) electrons. The Bertz CT molecular complexity index is 669. The van der Waals surface area contributed by atoms with Crippen LogP contribution in [-0.2, 0) is 11.3 Å². The van der Waals surface area contributed by atoms with Crippen molar-refractivity contribution in [2.45, 2.75) is 25.8 Å². The summed E-state index contributed by atoms with van der Waals surface area (Å²) >= 11 is 0. The first-order valence-corrected chi connectivity index (χ1v) is 8.99. The fourth-order valence-corrected chi connectivity index (χ4v) is 3.11. The zero-order valence-corrected chi connectivity index (χ0v) is 15.5. The summed E-state index contributed by atoms with van der Waals surface area (Å²) in [6, 6.07) is 12.7. The Balaban J connectivity index is 1.85. The third kappa shape index (κ3) is 5.00. The van der Waals surface area contributed by atoms with Gasteiger partial charge in [-0.1, -0.05) is 30.3 Å². The van der Waals surface area contributed by atoms with E-state index in [0.717, 1.165) is 56.6 Å². The Morgan fingerprint density at radius 1 is 1.12 bits per heavy atom. The molecule has 0 aliphatic carbocycles. The SMILES string of the molecule is Cc1nc([C@H]2CCOC2)cc(N(CCN(C)C)Cc2ccccc2)n1. The van der Waals surface area contributed by atoms with Crippen LogP contribution in [0.25, 0.3) is 0 Å². The summed E-state index contributed by atoms with van der Waals surface area (Å²) in [4.78, 5) is 14.0. The van der Waals surface area contributed by atoms with Gasteiger partial charge in [0.1, 0.15) is 11.6 Å². The van der Waals surface area contributed by atoms with Gasteiger partial charge in [-0.2, -0.15) is 0 Å². The largest absolute Gasteiger partial charge is 0.381 e. The molecular formula is C20H28N4O. The summed E-state index contributed by atoms with van der Waals surface area (Å²) in [5, 5.41) is 0. The highest BCUT2D eigenvalue weighted by molar-refractivity contribution is 5.42. The van der Waals surface area contributed by atoms with Gasteiger partial charge in [0.25, 0.3) is 0 Å². The van der Waals surface area contributed by atoms with Crippen LogP contribution in [0.1, 0.15) is 29.4 Å². The number of ether oxygens (including phenoxy) is 1. The Morgan fingerprint density at radius 2 is 1.92 bits per heavy atom. The summed E-state index contributed by atoms with van der Waals surface area (Å²) in [6.45, 7) is 6.35. The number of benzene rings is 1. The summed E-state index contributed by atoms with van der Waals surface area (Å²) in [5.74, 6) is 2.25. The molecule has 1 fully saturated rings. The van der Waals surface area contributed by atoms with Crippen molar-refractivity contribution in [1.82, 2.24) is 14.9 Å². The molecule has 1 aliphatic rings. The van der Waals surface area contributed by atoms with Gasteiger partial charge in [-0.25, -0.2) is 9.97 Å². The zero-order chi connectivity index (χ0) is 17.6. The molecule has 0 unspecified atom stereocenters. The maximum absolute atomic E-state index is 5.55. The van der Waals surface area contributed by atoms with Crippen LogP contribution in [0.5, 0.6) is 0 Å². The standard InChI is InChI=1S/C20H28N4O/c1-16-21-19(18-9-12-25-15-18)13-20(22-16)24(11-10-23(2)3)14-17-7-5-4-6-8-17/h4-8,13,18H,9-12,14-15H2,1-3H3/t18-/m0/s1. The number of aryl methyl sites for hydroxylation is 1. The van der Waals surface area contributed by atoms with Crippen LogP contribution in [0.4, 0.5) is 5.82 Å². The van der Waals surface area contributed by atoms with Gasteiger partial charge in [0.2, 0.25) is 0 Å². The van der Waals surface area contributed by atoms with Crippen molar-refractivity contribution in [2.24, 2.45) is 0 Å². The van der Waals surface area contributed by atoms with E-state index in [1.165, 1.54) is 5.56 Å². The average Bonchev–Trinajstić information content (AvgIpc) is 3.13. The molecule has 5 heteroatoms. The predicted molar refractivity (Wildman–Crippen MR) is 101 cm³/mol. The summed E-state index contributed by atoms with van der Waals surface area (Å²) in [7, 11) is 4.21. The Labute approximate surface area is 150 Å². The molecule has 3 rings (SSSR count). The second-order valence-corrected chi connectivity index (χ2v) is 6.97. The number of hydrogen-bond donors (Lipinski definition) is 0. The molecule has 1 aromatic carbocycles. The van der Waals surface area contributed by atoms with Gasteiger partial charge < -0.3 is 14.5 Å². The van der Waals surface area contributed by atoms with Crippen LogP contribution in [-0.4, -0.2) is 55.3 Å². The third-order valence-electron chi connectivity index (χ3n) is 4.55. The summed E-state index contributed by atoms with van der Waals surface area (Å²) in [5.41, 5.74) is 2.41. The number of aromatic nitrogens is 2. The van der Waals surface area contributed by atoms with Gasteiger partial charge in [-0.05, 0) is 33.0 Å². The van der Waals surface area contributed by atoms with E-state index in [1.807, 2.05) is 6.92 Å². The third-order valence-corrected chi connectivity index (χ3v) is 4.55. The van der Waals surface area contributed by atoms with E-state index >= 15 is 0 Å². The lowest BCUT2D eigenvalue weighted by molar-refractivity contribution is 0.193. The molecule has 1 atom stereocenters. The highest BCUT2D eigenvalue weighted by Gasteiger charge is 2.21. The van der Waals surface area contributed by atoms with Crippen molar-refractivity contribution < 1.29 is 4.74 Å². The van der Waals surface area contributed by atoms with E-state index in [1.54, 1.807) is 0 Å². The fraction of sp³-hybridized carbons (Fsp3) is 0.500. The Kier molecular flexibility index (Phi) is 6.00. The summed E-state index contributed by atoms with van der Waals surface area (Å²) in [6.07, 6.45) is 1.05. The van der Waals surface area contributed by atoms with Crippen LogP contribution >= 0.6 is 0 Å². The van der Waals surface area contributed by atoms with Crippen LogP contribution in [0, 0.1) is 6.92 Å². The normalized spacial score (nSPS) is 17.2. The van der Waals surface area contributed by atoms with Gasteiger partial charge in [0, 0.05) is 38.2 Å². The minimum absolute atomic E-state index is 0.396. The van der Waals surface area contributed by atoms with E-state index in [9.17, 15) is 0 Å². The van der Waals surface area contributed by atoms with E-state index in [2.05, 4.69) is 65.3 Å². The molecule has 0 saturated carbocycles. The number of likely N-dealkylation sites (N-methyl/N-ethyl adjacent to an activating group) is 1. The highest BCUT2D eigenvalue weighted by atomic mass is 16.5. The molecular weight excluding hydrogens is 312 g/mol. The Hall–Kier alpha value is -1.98. The highest BCUT2D eigenvalue weighted by Crippen LogP contribution is 2.26. The number of rotatable bonds is 7. The first-order chi connectivity index (χ1) is 12.1. The lowest BCUT2D eigenvalue weighted by Gasteiger charge is -2.26. The molecule has 2 aromatic rings. The molecule has 1 aliphatic heterocycles. The average molecular weight is 340 g/mol. The second kappa shape index (κ2) is 8.41. The molecule has 5 nitrogen and oxygen atoms in total. The van der Waals surface area contributed by atoms with Crippen molar-refractivity contribution in [3.05, 3.63) is 53.5 Å². The van der Waals surface area contributed by atoms with E-state index < -0.39 is 0 Å². The molecule has 2 heterocycles. The van der Waals surface area contributed by atoms with Crippen molar-refractivity contribution in [3.63, 3.8) is 0 Å². The topological polar surface area (TPSA) is 41.5 Å². The van der Waals surface area contributed by atoms with Crippen LogP contribution < -0.4 is 4.90 Å². The van der Waals surface area contributed by atoms with Crippen molar-refractivity contribution in [1.29, 1.82) is 0 Å². The molecule has 0 bridgehead atoms. The predicted octanol–water partition coefficient (Wildman–Crippen LogP) is 2.86. The van der Waals surface area contributed by atoms with Gasteiger partial charge in [-0.15, -0.1) is 0 Å². The van der Waals surface area contributed by atoms with E-state index in [-0.39, 0.29) is 0 Å². The minimum atomic E-state index is 0.396. The van der Waals surface area contributed by atoms with Crippen molar-refractivity contribution in [2.75, 3.05) is 45.3 Å². The monoisotopic (exact) mass is 340 g/mol. The van der Waals surface area contributed by atoms with E-state index in [4.69, 9.17) is 9.72 Å². The van der Waals surface area contributed by atoms with E-state index in [0.29, 0.717) is 5.92 Å². The molecule has 25 heavy (non-hydrogen) atoms. The lowest BCUT2D eigenvalue weighted by atomic mass is 10.0. The zero-order valence-electron chi connectivity index (χ0n) is 15.5. The minimum Gasteiger partial charge on any atom is -0.381 e. The lowest BCUT2D eigenvalue weighted by Crippen LogP contribution is -2.32. The quantitative estimate of drug-likeness (QED) is 0.775. The first-order valence-electron chi connectivity index (χ1n) is 8.99. The summed E-state index contributed by atoms with van der Waals surface area (Å²) < 4.78 is 5.55.